The molecule has 0 aromatic heterocycles. The Hall–Kier alpha value is -0.496. The van der Waals surface area contributed by atoms with Gasteiger partial charge in [-0.3, -0.25) is 0 Å². The van der Waals surface area contributed by atoms with E-state index in [-0.39, 0.29) is 46.4 Å². The van der Waals surface area contributed by atoms with Crippen LogP contribution in [0.25, 0.3) is 0 Å². The van der Waals surface area contributed by atoms with Gasteiger partial charge in [-0.25, -0.2) is 0 Å². The molecule has 0 amide bonds. The second kappa shape index (κ2) is 13.1. The van der Waals surface area contributed by atoms with Crippen LogP contribution in [0.5, 0.6) is 0 Å². The number of unbranched alkanes of at least 4 members (excludes halogenated alkanes) is 1. The molecule has 2 aromatic rings. The van der Waals surface area contributed by atoms with Crippen LogP contribution in [0.3, 0.4) is 0 Å². The molecule has 0 saturated heterocycles. The first-order valence-corrected chi connectivity index (χ1v) is 11.1. The second-order valence-corrected chi connectivity index (χ2v) is 9.07. The maximum atomic E-state index is 2.48. The molecule has 0 spiro atoms. The van der Waals surface area contributed by atoms with Crippen molar-refractivity contribution in [1.82, 2.24) is 0 Å². The predicted octanol–water partition coefficient (Wildman–Crippen LogP) is -1.58. The van der Waals surface area contributed by atoms with Gasteiger partial charge in [-0.1, -0.05) is 0 Å². The third-order valence-corrected chi connectivity index (χ3v) is 7.71. The summed E-state index contributed by atoms with van der Waals surface area (Å²) in [6.45, 7) is 7.00. The molecule has 2 unspecified atom stereocenters. The summed E-state index contributed by atoms with van der Waals surface area (Å²) in [6.07, 6.45) is 11.9. The van der Waals surface area contributed by atoms with Gasteiger partial charge in [0.15, 0.2) is 0 Å². The summed E-state index contributed by atoms with van der Waals surface area (Å²) in [4.78, 5) is 0. The minimum absolute atomic E-state index is 0. The van der Waals surface area contributed by atoms with Gasteiger partial charge in [-0.2, -0.15) is 0 Å². The molecule has 3 rings (SSSR count). The molecule has 1 aliphatic rings. The summed E-state index contributed by atoms with van der Waals surface area (Å²) >= 11 is 2.48. The summed E-state index contributed by atoms with van der Waals surface area (Å²) < 4.78 is -0.0136. The molecular weight excluding hydrogens is 467 g/mol. The van der Waals surface area contributed by atoms with Gasteiger partial charge in [0.2, 0.25) is 0 Å². The maximum absolute atomic E-state index is 2.48. The summed E-state index contributed by atoms with van der Waals surface area (Å²) in [5, 5.41) is 0. The Morgan fingerprint density at radius 1 is 0.867 bits per heavy atom. The van der Waals surface area contributed by atoms with E-state index in [1.165, 1.54) is 30.4 Å². The normalized spacial score (nSPS) is 18.5. The summed E-state index contributed by atoms with van der Waals surface area (Å²) in [6, 6.07) is 22.4. The van der Waals surface area contributed by atoms with Crippen LogP contribution < -0.4 is 37.2 Å². The van der Waals surface area contributed by atoms with Crippen molar-refractivity contribution >= 4 is 0 Å². The van der Waals surface area contributed by atoms with Crippen LogP contribution in [-0.4, -0.2) is 0 Å². The minimum atomic E-state index is -0.0478. The molecule has 0 saturated carbocycles. The van der Waals surface area contributed by atoms with Crippen LogP contribution in [-0.2, 0) is 25.9 Å². The SMILES string of the molecule is CCCCC(c1ccccc1)(c1ccccc1)[C]1([Ti+3])C=CC=C1C(C)CC.[Cl-].[Cl-].[Cl-]. The van der Waals surface area contributed by atoms with Gasteiger partial charge in [-0.15, -0.1) is 0 Å². The topological polar surface area (TPSA) is 0 Å². The van der Waals surface area contributed by atoms with E-state index in [4.69, 9.17) is 0 Å². The zero-order valence-corrected chi connectivity index (χ0v) is 21.9. The minimum Gasteiger partial charge on any atom is -1.00 e. The van der Waals surface area contributed by atoms with E-state index in [1.54, 1.807) is 5.57 Å². The van der Waals surface area contributed by atoms with Crippen LogP contribution in [0.4, 0.5) is 0 Å². The predicted molar refractivity (Wildman–Crippen MR) is 113 cm³/mol. The Morgan fingerprint density at radius 2 is 1.37 bits per heavy atom. The molecule has 4 heteroatoms. The van der Waals surface area contributed by atoms with Crippen LogP contribution >= 0.6 is 0 Å². The van der Waals surface area contributed by atoms with Crippen molar-refractivity contribution in [3.8, 4) is 0 Å². The first kappa shape index (κ1) is 29.5. The van der Waals surface area contributed by atoms with E-state index >= 15 is 0 Å². The number of benzene rings is 2. The molecule has 0 N–H and O–H groups in total. The average Bonchev–Trinajstić information content (AvgIpc) is 3.12. The smallest absolute Gasteiger partial charge is 1.00 e. The van der Waals surface area contributed by atoms with E-state index < -0.39 is 0 Å². The van der Waals surface area contributed by atoms with E-state index in [1.807, 2.05) is 0 Å². The van der Waals surface area contributed by atoms with E-state index in [0.717, 1.165) is 6.42 Å². The fraction of sp³-hybridized carbons (Fsp3) is 0.385. The number of hydrogen-bond acceptors (Lipinski definition) is 0. The van der Waals surface area contributed by atoms with Crippen LogP contribution in [0.15, 0.2) is 84.5 Å². The van der Waals surface area contributed by atoms with Crippen molar-refractivity contribution in [2.45, 2.75) is 55.6 Å². The fourth-order valence-electron chi connectivity index (χ4n) is 4.68. The van der Waals surface area contributed by atoms with Gasteiger partial charge in [0, 0.05) is 0 Å². The first-order chi connectivity index (χ1) is 13.1. The fourth-order valence-corrected chi connectivity index (χ4v) is 5.99. The van der Waals surface area contributed by atoms with Gasteiger partial charge in [0.25, 0.3) is 0 Å². The Bertz CT molecular complexity index is 762. The Balaban J connectivity index is 0.00000280. The van der Waals surface area contributed by atoms with E-state index in [2.05, 4.69) is 120 Å². The molecular formula is C26H31Cl3Ti. The van der Waals surface area contributed by atoms with Crippen LogP contribution in [0.1, 0.15) is 57.6 Å². The van der Waals surface area contributed by atoms with Crippen molar-refractivity contribution in [2.75, 3.05) is 0 Å². The summed E-state index contributed by atoms with van der Waals surface area (Å²) in [7, 11) is 0. The molecule has 0 aliphatic heterocycles. The van der Waals surface area contributed by atoms with Crippen LogP contribution in [0.2, 0.25) is 3.72 Å². The van der Waals surface area contributed by atoms with Gasteiger partial charge >= 0.3 is 178 Å². The van der Waals surface area contributed by atoms with Crippen molar-refractivity contribution in [3.05, 3.63) is 95.6 Å². The number of hydrogen-bond donors (Lipinski definition) is 0. The zero-order chi connectivity index (χ0) is 19.3. The van der Waals surface area contributed by atoms with Crippen molar-refractivity contribution < 1.29 is 57.7 Å². The zero-order valence-electron chi connectivity index (χ0n) is 18.0. The van der Waals surface area contributed by atoms with Gasteiger partial charge in [-0.05, 0) is 0 Å². The molecule has 160 valence electrons. The number of allylic oxidation sites excluding steroid dienone is 4. The molecule has 2 aromatic carbocycles. The Kier molecular flexibility index (Phi) is 12.9. The van der Waals surface area contributed by atoms with E-state index in [9.17, 15) is 0 Å². The molecule has 1 aliphatic carbocycles. The molecule has 0 heterocycles. The Morgan fingerprint density at radius 3 is 1.80 bits per heavy atom. The quantitative estimate of drug-likeness (QED) is 0.387. The molecule has 2 atom stereocenters. The number of halogens is 3. The number of rotatable bonds is 8. The molecule has 30 heavy (non-hydrogen) atoms. The first-order valence-electron chi connectivity index (χ1n) is 10.4. The van der Waals surface area contributed by atoms with Gasteiger partial charge in [0.1, 0.15) is 0 Å². The molecule has 0 nitrogen and oxygen atoms in total. The molecule has 0 radical (unpaired) electrons. The summed E-state index contributed by atoms with van der Waals surface area (Å²) in [5.74, 6) is 0.582. The average molecular weight is 498 g/mol. The van der Waals surface area contributed by atoms with Gasteiger partial charge < -0.3 is 37.2 Å². The van der Waals surface area contributed by atoms with Crippen molar-refractivity contribution in [2.24, 2.45) is 5.92 Å². The monoisotopic (exact) mass is 496 g/mol. The van der Waals surface area contributed by atoms with Gasteiger partial charge in [0.05, 0.1) is 0 Å². The van der Waals surface area contributed by atoms with Crippen molar-refractivity contribution in [1.29, 1.82) is 0 Å². The van der Waals surface area contributed by atoms with E-state index in [0.29, 0.717) is 5.92 Å². The largest absolute Gasteiger partial charge is 1.00 e. The van der Waals surface area contributed by atoms with Crippen LogP contribution in [0, 0.1) is 5.92 Å². The Labute approximate surface area is 213 Å². The third-order valence-electron chi connectivity index (χ3n) is 6.33. The molecule has 0 bridgehead atoms. The summed E-state index contributed by atoms with van der Waals surface area (Å²) in [5.41, 5.74) is 4.41. The standard InChI is InChI=1S/C26H31.3ClH.Ti/c1-4-6-20-26(22-14-9-7-10-15-22,23-16-11-8-12-17-23)25-19-13-18-24(25)21(3)5-2;;;;/h7-19,21H,4-6,20H2,1-3H3;3*1H;/q;;;;+3/p-3. The van der Waals surface area contributed by atoms with Crippen molar-refractivity contribution in [3.63, 3.8) is 0 Å². The molecule has 0 fully saturated rings. The maximum Gasteiger partial charge on any atom is -1.00 e. The third kappa shape index (κ3) is 5.28. The second-order valence-electron chi connectivity index (χ2n) is 7.84.